The van der Waals surface area contributed by atoms with E-state index in [9.17, 15) is 18.3 Å². The molecule has 0 radical (unpaired) electrons. The normalized spacial score (nSPS) is 13.3. The first-order valence-electron chi connectivity index (χ1n) is 4.46. The van der Waals surface area contributed by atoms with Gasteiger partial charge in [0.1, 0.15) is 0 Å². The summed E-state index contributed by atoms with van der Waals surface area (Å²) in [7, 11) is -3.99. The number of aliphatic hydroxyl groups excluding tert-OH is 1. The van der Waals surface area contributed by atoms with Crippen LogP contribution in [0.25, 0.3) is 0 Å². The molecule has 0 aliphatic rings. The van der Waals surface area contributed by atoms with Gasteiger partial charge in [-0.15, -0.1) is 0 Å². The van der Waals surface area contributed by atoms with Crippen LogP contribution >= 0.6 is 15.9 Å². The predicted molar refractivity (Wildman–Crippen MR) is 60.3 cm³/mol. The Labute approximate surface area is 106 Å². The van der Waals surface area contributed by atoms with Gasteiger partial charge < -0.3 is 15.0 Å². The van der Waals surface area contributed by atoms with Gasteiger partial charge >= 0.3 is 0 Å². The summed E-state index contributed by atoms with van der Waals surface area (Å²) in [4.78, 5) is 10.4. The highest BCUT2D eigenvalue weighted by atomic mass is 79.9. The SMILES string of the molecule is O=C([O-])[C@@H](CO)NS(=O)(=O)c1ccc(Br)cc1. The molecule has 0 aliphatic heterocycles. The monoisotopic (exact) mass is 322 g/mol. The summed E-state index contributed by atoms with van der Waals surface area (Å²) < 4.78 is 25.9. The van der Waals surface area contributed by atoms with Gasteiger partial charge in [-0.25, -0.2) is 13.1 Å². The zero-order valence-corrected chi connectivity index (χ0v) is 10.9. The number of carboxylic acid groups (broad SMARTS) is 1. The minimum atomic E-state index is -3.99. The van der Waals surface area contributed by atoms with Crippen LogP contribution < -0.4 is 9.83 Å². The van der Waals surface area contributed by atoms with E-state index in [1.807, 2.05) is 4.72 Å². The molecule has 0 unspecified atom stereocenters. The number of carbonyl (C=O) groups is 1. The number of hydrogen-bond acceptors (Lipinski definition) is 5. The number of nitrogens with one attached hydrogen (secondary N) is 1. The van der Waals surface area contributed by atoms with E-state index in [0.29, 0.717) is 4.47 Å². The van der Waals surface area contributed by atoms with Crippen LogP contribution in [0.1, 0.15) is 0 Å². The molecule has 94 valence electrons. The molecule has 0 aromatic heterocycles. The quantitative estimate of drug-likeness (QED) is 0.711. The number of rotatable bonds is 5. The van der Waals surface area contributed by atoms with Crippen molar-refractivity contribution in [3.63, 3.8) is 0 Å². The van der Waals surface area contributed by atoms with Crippen LogP contribution in [-0.4, -0.2) is 32.1 Å². The molecule has 0 saturated carbocycles. The maximum atomic E-state index is 11.7. The van der Waals surface area contributed by atoms with Crippen molar-refractivity contribution in [1.82, 2.24) is 4.72 Å². The van der Waals surface area contributed by atoms with Crippen LogP contribution in [-0.2, 0) is 14.8 Å². The molecule has 1 aromatic carbocycles. The van der Waals surface area contributed by atoms with Crippen molar-refractivity contribution in [2.75, 3.05) is 6.61 Å². The molecule has 0 aliphatic carbocycles. The standard InChI is InChI=1S/C9H10BrNO5S/c10-6-1-3-7(4-2-6)17(15,16)11-8(5-12)9(13)14/h1-4,8,11-12H,5H2,(H,13,14)/p-1/t8-/m1/s1. The number of aliphatic hydroxyl groups is 1. The third-order valence-electron chi connectivity index (χ3n) is 1.89. The molecule has 1 rings (SSSR count). The number of hydrogen-bond donors (Lipinski definition) is 2. The third kappa shape index (κ3) is 3.77. The molecule has 2 N–H and O–H groups in total. The first-order chi connectivity index (χ1) is 7.86. The maximum absolute atomic E-state index is 11.7. The summed E-state index contributed by atoms with van der Waals surface area (Å²) in [6, 6.07) is 3.94. The van der Waals surface area contributed by atoms with Gasteiger partial charge in [0.05, 0.1) is 23.5 Å². The summed E-state index contributed by atoms with van der Waals surface area (Å²) in [6.07, 6.45) is 0. The van der Waals surface area contributed by atoms with E-state index in [0.717, 1.165) is 0 Å². The molecule has 6 nitrogen and oxygen atoms in total. The van der Waals surface area contributed by atoms with Gasteiger partial charge in [-0.2, -0.15) is 0 Å². The van der Waals surface area contributed by atoms with E-state index < -0.39 is 28.6 Å². The highest BCUT2D eigenvalue weighted by molar-refractivity contribution is 9.10. The number of sulfonamides is 1. The Morgan fingerprint density at radius 1 is 1.41 bits per heavy atom. The lowest BCUT2D eigenvalue weighted by molar-refractivity contribution is -0.308. The van der Waals surface area contributed by atoms with Crippen LogP contribution in [0.4, 0.5) is 0 Å². The third-order valence-corrected chi connectivity index (χ3v) is 3.90. The van der Waals surface area contributed by atoms with Crippen molar-refractivity contribution in [3.8, 4) is 0 Å². The molecule has 0 bridgehead atoms. The molecule has 0 spiro atoms. The van der Waals surface area contributed by atoms with Crippen LogP contribution in [0.3, 0.4) is 0 Å². The van der Waals surface area contributed by atoms with Crippen LogP contribution in [0, 0.1) is 0 Å². The zero-order valence-electron chi connectivity index (χ0n) is 8.46. The highest BCUT2D eigenvalue weighted by Gasteiger charge is 2.20. The Morgan fingerprint density at radius 2 is 1.94 bits per heavy atom. The molecular weight excluding hydrogens is 314 g/mol. The fraction of sp³-hybridized carbons (Fsp3) is 0.222. The largest absolute Gasteiger partial charge is 0.548 e. The van der Waals surface area contributed by atoms with Gasteiger partial charge in [-0.3, -0.25) is 0 Å². The Kier molecular flexibility index (Phi) is 4.63. The van der Waals surface area contributed by atoms with Gasteiger partial charge in [0, 0.05) is 4.47 Å². The fourth-order valence-electron chi connectivity index (χ4n) is 1.03. The molecule has 0 saturated heterocycles. The lowest BCUT2D eigenvalue weighted by Gasteiger charge is -2.17. The van der Waals surface area contributed by atoms with Gasteiger partial charge in [-0.1, -0.05) is 15.9 Å². The molecule has 0 heterocycles. The summed E-state index contributed by atoms with van der Waals surface area (Å²) in [5.41, 5.74) is 0. The Balaban J connectivity index is 2.96. The minimum absolute atomic E-state index is 0.0969. The summed E-state index contributed by atoms with van der Waals surface area (Å²) >= 11 is 3.14. The van der Waals surface area contributed by atoms with E-state index in [4.69, 9.17) is 5.11 Å². The van der Waals surface area contributed by atoms with Crippen LogP contribution in [0.5, 0.6) is 0 Å². The Hall–Kier alpha value is -0.960. The molecular formula is C9H9BrNO5S-. The Bertz CT molecular complexity index is 499. The molecule has 0 fully saturated rings. The molecule has 0 amide bonds. The summed E-state index contributed by atoms with van der Waals surface area (Å²) in [6.45, 7) is -0.877. The van der Waals surface area contributed by atoms with Crippen LogP contribution in [0.2, 0.25) is 0 Å². The van der Waals surface area contributed by atoms with Crippen molar-refractivity contribution in [2.24, 2.45) is 0 Å². The number of carbonyl (C=O) groups excluding carboxylic acids is 1. The summed E-state index contributed by atoms with van der Waals surface area (Å²) in [5, 5.41) is 19.2. The second-order valence-corrected chi connectivity index (χ2v) is 5.76. The van der Waals surface area contributed by atoms with Crippen molar-refractivity contribution < 1.29 is 23.4 Å². The Morgan fingerprint density at radius 3 is 2.35 bits per heavy atom. The van der Waals surface area contributed by atoms with E-state index >= 15 is 0 Å². The molecule has 17 heavy (non-hydrogen) atoms. The van der Waals surface area contributed by atoms with Gasteiger partial charge in [0.2, 0.25) is 10.0 Å². The lowest BCUT2D eigenvalue weighted by atomic mass is 10.3. The first-order valence-corrected chi connectivity index (χ1v) is 6.74. The van der Waals surface area contributed by atoms with Crippen molar-refractivity contribution in [1.29, 1.82) is 0 Å². The van der Waals surface area contributed by atoms with Gasteiger partial charge in [-0.05, 0) is 24.3 Å². The topological polar surface area (TPSA) is 107 Å². The number of halogens is 1. The van der Waals surface area contributed by atoms with E-state index in [2.05, 4.69) is 15.9 Å². The summed E-state index contributed by atoms with van der Waals surface area (Å²) in [5.74, 6) is -1.69. The smallest absolute Gasteiger partial charge is 0.241 e. The van der Waals surface area contributed by atoms with Gasteiger partial charge in [0.25, 0.3) is 0 Å². The van der Waals surface area contributed by atoms with E-state index in [-0.39, 0.29) is 4.90 Å². The van der Waals surface area contributed by atoms with Crippen molar-refractivity contribution in [3.05, 3.63) is 28.7 Å². The van der Waals surface area contributed by atoms with E-state index in [1.165, 1.54) is 24.3 Å². The van der Waals surface area contributed by atoms with Crippen molar-refractivity contribution in [2.45, 2.75) is 10.9 Å². The van der Waals surface area contributed by atoms with E-state index in [1.54, 1.807) is 0 Å². The van der Waals surface area contributed by atoms with Crippen LogP contribution in [0.15, 0.2) is 33.6 Å². The van der Waals surface area contributed by atoms with Gasteiger partial charge in [0.15, 0.2) is 0 Å². The average Bonchev–Trinajstić information content (AvgIpc) is 2.26. The predicted octanol–water partition coefficient (Wildman–Crippen LogP) is -1.16. The minimum Gasteiger partial charge on any atom is -0.548 e. The average molecular weight is 323 g/mol. The second kappa shape index (κ2) is 5.58. The fourth-order valence-corrected chi connectivity index (χ4v) is 2.47. The first kappa shape index (κ1) is 14.1. The lowest BCUT2D eigenvalue weighted by Crippen LogP contribution is -2.49. The molecule has 1 aromatic rings. The number of aliphatic carboxylic acids is 1. The molecule has 8 heteroatoms. The number of carboxylic acids is 1. The molecule has 1 atom stereocenters. The maximum Gasteiger partial charge on any atom is 0.241 e. The zero-order chi connectivity index (χ0) is 13.1. The number of benzene rings is 1. The second-order valence-electron chi connectivity index (χ2n) is 3.13. The highest BCUT2D eigenvalue weighted by Crippen LogP contribution is 2.14. The van der Waals surface area contributed by atoms with Crippen molar-refractivity contribution >= 4 is 31.9 Å².